The first kappa shape index (κ1) is 16.2. The van der Waals surface area contributed by atoms with Crippen LogP contribution in [0.4, 0.5) is 0 Å². The van der Waals surface area contributed by atoms with Crippen molar-refractivity contribution in [2.24, 2.45) is 5.73 Å². The van der Waals surface area contributed by atoms with Crippen molar-refractivity contribution in [2.75, 3.05) is 0 Å². The minimum absolute atomic E-state index is 0.128. The Labute approximate surface area is 118 Å². The molecule has 0 aliphatic heterocycles. The van der Waals surface area contributed by atoms with Crippen molar-refractivity contribution >= 4 is 11.9 Å². The molecule has 1 unspecified atom stereocenters. The summed E-state index contributed by atoms with van der Waals surface area (Å²) in [6.07, 6.45) is 0. The summed E-state index contributed by atoms with van der Waals surface area (Å²) in [4.78, 5) is 23.4. The zero-order chi connectivity index (χ0) is 15.7. The SMILES string of the molecule is Cc1c(C(=O)O)cccc1C(C)(N)C(=O)OC(C)(C)C. The highest BCUT2D eigenvalue weighted by atomic mass is 16.6. The Hall–Kier alpha value is -1.88. The van der Waals surface area contributed by atoms with Crippen molar-refractivity contribution < 1.29 is 19.4 Å². The first-order chi connectivity index (χ1) is 8.97. The number of hydrogen-bond donors (Lipinski definition) is 2. The first-order valence-electron chi connectivity index (χ1n) is 6.32. The van der Waals surface area contributed by atoms with E-state index < -0.39 is 23.1 Å². The molecule has 0 aliphatic carbocycles. The number of carboxylic acids is 1. The summed E-state index contributed by atoms with van der Waals surface area (Å²) >= 11 is 0. The van der Waals surface area contributed by atoms with Crippen LogP contribution in [0.15, 0.2) is 18.2 Å². The maximum Gasteiger partial charge on any atom is 0.335 e. The molecule has 1 atom stereocenters. The molecule has 0 saturated carbocycles. The Morgan fingerprint density at radius 3 is 2.20 bits per heavy atom. The van der Waals surface area contributed by atoms with E-state index in [4.69, 9.17) is 15.6 Å². The molecule has 3 N–H and O–H groups in total. The van der Waals surface area contributed by atoms with E-state index >= 15 is 0 Å². The van der Waals surface area contributed by atoms with Gasteiger partial charge in [0.15, 0.2) is 0 Å². The summed E-state index contributed by atoms with van der Waals surface area (Å²) in [6.45, 7) is 8.41. The van der Waals surface area contributed by atoms with Gasteiger partial charge in [0.2, 0.25) is 0 Å². The number of carboxylic acid groups (broad SMARTS) is 1. The second-order valence-corrected chi connectivity index (χ2v) is 5.99. The summed E-state index contributed by atoms with van der Waals surface area (Å²) in [6, 6.07) is 4.69. The first-order valence-corrected chi connectivity index (χ1v) is 6.32. The lowest BCUT2D eigenvalue weighted by Gasteiger charge is -2.30. The Balaban J connectivity index is 3.25. The Kier molecular flexibility index (Phi) is 4.24. The maximum absolute atomic E-state index is 12.2. The summed E-state index contributed by atoms with van der Waals surface area (Å²) in [5.41, 5.74) is 5.08. The summed E-state index contributed by atoms with van der Waals surface area (Å²) < 4.78 is 5.30. The van der Waals surface area contributed by atoms with Gasteiger partial charge < -0.3 is 15.6 Å². The molecule has 5 nitrogen and oxygen atoms in total. The van der Waals surface area contributed by atoms with E-state index in [-0.39, 0.29) is 5.56 Å². The molecule has 20 heavy (non-hydrogen) atoms. The molecule has 0 bridgehead atoms. The van der Waals surface area contributed by atoms with E-state index in [0.29, 0.717) is 11.1 Å². The van der Waals surface area contributed by atoms with Gasteiger partial charge in [-0.2, -0.15) is 0 Å². The lowest BCUT2D eigenvalue weighted by atomic mass is 9.87. The largest absolute Gasteiger partial charge is 0.478 e. The van der Waals surface area contributed by atoms with Gasteiger partial charge in [-0.1, -0.05) is 12.1 Å². The normalized spacial score (nSPS) is 14.5. The molecule has 1 aromatic carbocycles. The molecule has 1 aromatic rings. The second kappa shape index (κ2) is 5.25. The molecule has 0 aliphatic rings. The van der Waals surface area contributed by atoms with Crippen molar-refractivity contribution in [1.82, 2.24) is 0 Å². The molecule has 0 aromatic heterocycles. The van der Waals surface area contributed by atoms with Crippen LogP contribution >= 0.6 is 0 Å². The van der Waals surface area contributed by atoms with E-state index in [2.05, 4.69) is 0 Å². The van der Waals surface area contributed by atoms with Crippen LogP contribution < -0.4 is 5.73 Å². The summed E-state index contributed by atoms with van der Waals surface area (Å²) in [5.74, 6) is -1.64. The van der Waals surface area contributed by atoms with Crippen molar-refractivity contribution in [3.8, 4) is 0 Å². The zero-order valence-electron chi connectivity index (χ0n) is 12.5. The van der Waals surface area contributed by atoms with E-state index in [1.165, 1.54) is 13.0 Å². The molecule has 0 radical (unpaired) electrons. The number of aromatic carboxylic acids is 1. The van der Waals surface area contributed by atoms with Crippen LogP contribution in [-0.2, 0) is 15.1 Å². The number of carbonyl (C=O) groups excluding carboxylic acids is 1. The molecule has 0 amide bonds. The van der Waals surface area contributed by atoms with Crippen LogP contribution in [0.3, 0.4) is 0 Å². The van der Waals surface area contributed by atoms with Gasteiger partial charge in [0.25, 0.3) is 0 Å². The molecular weight excluding hydrogens is 258 g/mol. The average Bonchev–Trinajstić information content (AvgIpc) is 2.26. The van der Waals surface area contributed by atoms with Gasteiger partial charge in [-0.15, -0.1) is 0 Å². The fraction of sp³-hybridized carbons (Fsp3) is 0.467. The van der Waals surface area contributed by atoms with Crippen molar-refractivity contribution in [3.63, 3.8) is 0 Å². The highest BCUT2D eigenvalue weighted by Crippen LogP contribution is 2.27. The third-order valence-electron chi connectivity index (χ3n) is 2.95. The Bertz CT molecular complexity index is 541. The van der Waals surface area contributed by atoms with Crippen LogP contribution in [0.5, 0.6) is 0 Å². The van der Waals surface area contributed by atoms with Gasteiger partial charge in [0.1, 0.15) is 11.1 Å². The van der Waals surface area contributed by atoms with Gasteiger partial charge in [-0.25, -0.2) is 9.59 Å². The second-order valence-electron chi connectivity index (χ2n) is 5.99. The molecule has 110 valence electrons. The number of rotatable bonds is 3. The van der Waals surface area contributed by atoms with Crippen molar-refractivity contribution in [2.45, 2.75) is 45.8 Å². The van der Waals surface area contributed by atoms with E-state index in [0.717, 1.165) is 0 Å². The third kappa shape index (κ3) is 3.36. The summed E-state index contributed by atoms with van der Waals surface area (Å²) in [7, 11) is 0. The van der Waals surface area contributed by atoms with Gasteiger partial charge in [-0.3, -0.25) is 0 Å². The maximum atomic E-state index is 12.2. The Morgan fingerprint density at radius 1 is 1.20 bits per heavy atom. The molecule has 5 heteroatoms. The number of hydrogen-bond acceptors (Lipinski definition) is 4. The topological polar surface area (TPSA) is 89.6 Å². The van der Waals surface area contributed by atoms with Crippen LogP contribution in [0.25, 0.3) is 0 Å². The van der Waals surface area contributed by atoms with Gasteiger partial charge in [-0.05, 0) is 51.8 Å². The van der Waals surface area contributed by atoms with Gasteiger partial charge in [0.05, 0.1) is 5.56 Å². The van der Waals surface area contributed by atoms with Crippen LogP contribution in [0.1, 0.15) is 49.2 Å². The average molecular weight is 279 g/mol. The Morgan fingerprint density at radius 2 is 1.75 bits per heavy atom. The van der Waals surface area contributed by atoms with Crippen LogP contribution in [0, 0.1) is 6.92 Å². The number of carbonyl (C=O) groups is 2. The fourth-order valence-corrected chi connectivity index (χ4v) is 1.92. The number of esters is 1. The van der Waals surface area contributed by atoms with Gasteiger partial charge in [0, 0.05) is 0 Å². The minimum Gasteiger partial charge on any atom is -0.478 e. The predicted octanol–water partition coefficient (Wildman–Crippen LogP) is 2.21. The lowest BCUT2D eigenvalue weighted by molar-refractivity contribution is -0.161. The third-order valence-corrected chi connectivity index (χ3v) is 2.95. The molecule has 1 rings (SSSR count). The van der Waals surface area contributed by atoms with E-state index in [1.807, 2.05) is 0 Å². The smallest absolute Gasteiger partial charge is 0.335 e. The summed E-state index contributed by atoms with van der Waals surface area (Å²) in [5, 5.41) is 9.12. The molecule has 0 fully saturated rings. The van der Waals surface area contributed by atoms with Crippen molar-refractivity contribution in [3.05, 3.63) is 34.9 Å². The molecule has 0 saturated heterocycles. The van der Waals surface area contributed by atoms with E-state index in [1.54, 1.807) is 39.8 Å². The van der Waals surface area contributed by atoms with Crippen LogP contribution in [-0.4, -0.2) is 22.6 Å². The van der Waals surface area contributed by atoms with Gasteiger partial charge >= 0.3 is 11.9 Å². The predicted molar refractivity (Wildman–Crippen MR) is 75.5 cm³/mol. The van der Waals surface area contributed by atoms with E-state index in [9.17, 15) is 9.59 Å². The number of ether oxygens (including phenoxy) is 1. The fourth-order valence-electron chi connectivity index (χ4n) is 1.92. The number of benzene rings is 1. The van der Waals surface area contributed by atoms with Crippen LogP contribution in [0.2, 0.25) is 0 Å². The monoisotopic (exact) mass is 279 g/mol. The number of nitrogens with two attached hydrogens (primary N) is 1. The quantitative estimate of drug-likeness (QED) is 0.828. The zero-order valence-corrected chi connectivity index (χ0v) is 12.5. The van der Waals surface area contributed by atoms with Crippen molar-refractivity contribution in [1.29, 1.82) is 0 Å². The molecular formula is C15H21NO4. The highest BCUT2D eigenvalue weighted by molar-refractivity contribution is 5.91. The lowest BCUT2D eigenvalue weighted by Crippen LogP contribution is -2.46. The minimum atomic E-state index is -1.40. The highest BCUT2D eigenvalue weighted by Gasteiger charge is 2.36. The molecule has 0 spiro atoms. The molecule has 0 heterocycles. The standard InChI is InChI=1S/C15H21NO4/c1-9-10(12(17)18)7-6-8-11(9)15(5,16)13(19)20-14(2,3)4/h6-8H,16H2,1-5H3,(H,17,18).